The van der Waals surface area contributed by atoms with Crippen molar-refractivity contribution in [1.82, 2.24) is 0 Å². The Bertz CT molecular complexity index is 401. The lowest BCUT2D eigenvalue weighted by molar-refractivity contribution is -0.104. The van der Waals surface area contributed by atoms with Crippen LogP contribution in [0.4, 0.5) is 0 Å². The molecule has 0 aromatic rings. The third-order valence-corrected chi connectivity index (χ3v) is 2.97. The SMILES string of the molecule is CC(C)=CCC/C(C)=C\C=O.CC(C)=CCC/C(C)=C\CO. The summed E-state index contributed by atoms with van der Waals surface area (Å²) in [6.45, 7) is 12.6. The van der Waals surface area contributed by atoms with Crippen molar-refractivity contribution >= 4 is 6.29 Å². The van der Waals surface area contributed by atoms with Crippen LogP contribution in [0.2, 0.25) is 0 Å². The number of carbonyl (C=O) groups is 1. The molecule has 2 nitrogen and oxygen atoms in total. The second-order valence-electron chi connectivity index (χ2n) is 6.02. The first-order valence-corrected chi connectivity index (χ1v) is 7.97. The number of hydrogen-bond donors (Lipinski definition) is 1. The summed E-state index contributed by atoms with van der Waals surface area (Å²) in [5.41, 5.74) is 5.12. The summed E-state index contributed by atoms with van der Waals surface area (Å²) >= 11 is 0. The average molecular weight is 306 g/mol. The van der Waals surface area contributed by atoms with Crippen LogP contribution in [0.1, 0.15) is 67.2 Å². The summed E-state index contributed by atoms with van der Waals surface area (Å²) in [6.07, 6.45) is 12.9. The summed E-state index contributed by atoms with van der Waals surface area (Å²) in [6, 6.07) is 0. The standard InChI is InChI=1S/C10H18O.C10H16O/c2*1-9(2)5-4-6-10(3)7-8-11/h5,7,11H,4,6,8H2,1-3H3;5,7-8H,4,6H2,1-3H3/b2*10-7-. The first-order valence-electron chi connectivity index (χ1n) is 7.97. The molecule has 22 heavy (non-hydrogen) atoms. The molecule has 0 unspecified atom stereocenters. The van der Waals surface area contributed by atoms with E-state index in [4.69, 9.17) is 5.11 Å². The minimum Gasteiger partial charge on any atom is -0.392 e. The smallest absolute Gasteiger partial charge is 0.142 e. The van der Waals surface area contributed by atoms with Crippen LogP contribution in [0.5, 0.6) is 0 Å². The van der Waals surface area contributed by atoms with Crippen LogP contribution in [0.25, 0.3) is 0 Å². The van der Waals surface area contributed by atoms with E-state index in [1.807, 2.05) is 13.0 Å². The van der Waals surface area contributed by atoms with Gasteiger partial charge in [0.05, 0.1) is 6.61 Å². The van der Waals surface area contributed by atoms with Gasteiger partial charge in [0.15, 0.2) is 0 Å². The van der Waals surface area contributed by atoms with E-state index in [1.54, 1.807) is 6.08 Å². The van der Waals surface area contributed by atoms with E-state index in [1.165, 1.54) is 16.7 Å². The zero-order valence-electron chi connectivity index (χ0n) is 15.3. The van der Waals surface area contributed by atoms with Gasteiger partial charge in [0.2, 0.25) is 0 Å². The molecule has 0 aliphatic carbocycles. The Morgan fingerprint density at radius 3 is 1.59 bits per heavy atom. The molecule has 1 N–H and O–H groups in total. The van der Waals surface area contributed by atoms with Crippen LogP contribution in [0.15, 0.2) is 46.6 Å². The molecule has 0 rings (SSSR count). The molecule has 0 aromatic heterocycles. The van der Waals surface area contributed by atoms with Crippen molar-refractivity contribution in [3.05, 3.63) is 46.6 Å². The Kier molecular flexibility index (Phi) is 16.6. The highest BCUT2D eigenvalue weighted by Gasteiger charge is 1.87. The van der Waals surface area contributed by atoms with Crippen molar-refractivity contribution in [3.8, 4) is 0 Å². The van der Waals surface area contributed by atoms with Gasteiger partial charge < -0.3 is 5.11 Å². The lowest BCUT2D eigenvalue weighted by Gasteiger charge is -1.96. The van der Waals surface area contributed by atoms with E-state index < -0.39 is 0 Å². The average Bonchev–Trinajstić information content (AvgIpc) is 2.39. The van der Waals surface area contributed by atoms with Crippen molar-refractivity contribution in [3.63, 3.8) is 0 Å². The van der Waals surface area contributed by atoms with Crippen molar-refractivity contribution in [1.29, 1.82) is 0 Å². The lowest BCUT2D eigenvalue weighted by Crippen LogP contribution is -1.80. The topological polar surface area (TPSA) is 37.3 Å². The van der Waals surface area contributed by atoms with Crippen LogP contribution < -0.4 is 0 Å². The maximum atomic E-state index is 10.0. The second kappa shape index (κ2) is 16.0. The Morgan fingerprint density at radius 1 is 0.773 bits per heavy atom. The quantitative estimate of drug-likeness (QED) is 0.362. The summed E-state index contributed by atoms with van der Waals surface area (Å²) in [5, 5.41) is 8.55. The molecule has 2 heteroatoms. The highest BCUT2D eigenvalue weighted by atomic mass is 16.2. The Morgan fingerprint density at radius 2 is 1.23 bits per heavy atom. The molecule has 126 valence electrons. The van der Waals surface area contributed by atoms with E-state index in [9.17, 15) is 4.79 Å². The molecular weight excluding hydrogens is 272 g/mol. The zero-order valence-corrected chi connectivity index (χ0v) is 15.3. The molecule has 0 fully saturated rings. The van der Waals surface area contributed by atoms with Crippen molar-refractivity contribution in [2.45, 2.75) is 67.2 Å². The van der Waals surface area contributed by atoms with E-state index in [-0.39, 0.29) is 6.61 Å². The van der Waals surface area contributed by atoms with Crippen LogP contribution >= 0.6 is 0 Å². The fourth-order valence-corrected chi connectivity index (χ4v) is 1.63. The maximum absolute atomic E-state index is 10.0. The molecule has 0 heterocycles. The Labute approximate surface area is 137 Å². The lowest BCUT2D eigenvalue weighted by atomic mass is 10.1. The van der Waals surface area contributed by atoms with E-state index in [2.05, 4.69) is 46.8 Å². The van der Waals surface area contributed by atoms with Crippen LogP contribution in [0.3, 0.4) is 0 Å². The van der Waals surface area contributed by atoms with Crippen molar-refractivity contribution in [2.75, 3.05) is 6.61 Å². The predicted molar refractivity (Wildman–Crippen MR) is 98.0 cm³/mol. The molecule has 0 bridgehead atoms. The van der Waals surface area contributed by atoms with Gasteiger partial charge in [0.25, 0.3) is 0 Å². The first kappa shape index (κ1) is 22.9. The Balaban J connectivity index is 0. The summed E-state index contributed by atoms with van der Waals surface area (Å²) < 4.78 is 0. The number of aldehydes is 1. The molecule has 0 radical (unpaired) electrons. The second-order valence-corrected chi connectivity index (χ2v) is 6.02. The molecular formula is C20H34O2. The minimum absolute atomic E-state index is 0.167. The van der Waals surface area contributed by atoms with Gasteiger partial charge in [0.1, 0.15) is 6.29 Å². The molecule has 0 amide bonds. The minimum atomic E-state index is 0.167. The highest BCUT2D eigenvalue weighted by molar-refractivity contribution is 5.65. The van der Waals surface area contributed by atoms with Crippen molar-refractivity contribution in [2.24, 2.45) is 0 Å². The normalized spacial score (nSPS) is 11.2. The fraction of sp³-hybridized carbons (Fsp3) is 0.550. The van der Waals surface area contributed by atoms with Gasteiger partial charge in [-0.05, 0) is 73.3 Å². The van der Waals surface area contributed by atoms with Gasteiger partial charge in [0, 0.05) is 0 Å². The Hall–Kier alpha value is -1.41. The number of hydrogen-bond acceptors (Lipinski definition) is 2. The van der Waals surface area contributed by atoms with Crippen LogP contribution in [0, 0.1) is 0 Å². The number of allylic oxidation sites excluding steroid dienone is 7. The van der Waals surface area contributed by atoms with E-state index in [0.29, 0.717) is 0 Å². The number of carbonyl (C=O) groups excluding carboxylic acids is 1. The summed E-state index contributed by atoms with van der Waals surface area (Å²) in [5.74, 6) is 0. The van der Waals surface area contributed by atoms with Gasteiger partial charge >= 0.3 is 0 Å². The van der Waals surface area contributed by atoms with Gasteiger partial charge in [-0.1, -0.05) is 40.5 Å². The van der Waals surface area contributed by atoms with Gasteiger partial charge in [-0.25, -0.2) is 0 Å². The molecule has 0 saturated heterocycles. The zero-order chi connectivity index (χ0) is 17.4. The monoisotopic (exact) mass is 306 g/mol. The molecule has 0 aromatic carbocycles. The number of aliphatic hydroxyl groups excluding tert-OH is 1. The fourth-order valence-electron chi connectivity index (χ4n) is 1.63. The van der Waals surface area contributed by atoms with E-state index in [0.717, 1.165) is 37.5 Å². The third kappa shape index (κ3) is 20.9. The molecule has 0 saturated carbocycles. The number of aliphatic hydroxyl groups is 1. The van der Waals surface area contributed by atoms with Crippen molar-refractivity contribution < 1.29 is 9.90 Å². The van der Waals surface area contributed by atoms with Gasteiger partial charge in [-0.15, -0.1) is 0 Å². The van der Waals surface area contributed by atoms with Crippen LogP contribution in [-0.4, -0.2) is 18.0 Å². The third-order valence-electron chi connectivity index (χ3n) is 2.97. The molecule has 0 spiro atoms. The molecule has 0 atom stereocenters. The van der Waals surface area contributed by atoms with Gasteiger partial charge in [-0.2, -0.15) is 0 Å². The summed E-state index contributed by atoms with van der Waals surface area (Å²) in [4.78, 5) is 10.0. The highest BCUT2D eigenvalue weighted by Crippen LogP contribution is 2.06. The van der Waals surface area contributed by atoms with Crippen LogP contribution in [-0.2, 0) is 4.79 Å². The largest absolute Gasteiger partial charge is 0.392 e. The molecule has 0 aliphatic rings. The van der Waals surface area contributed by atoms with E-state index >= 15 is 0 Å². The number of rotatable bonds is 8. The summed E-state index contributed by atoms with van der Waals surface area (Å²) in [7, 11) is 0. The predicted octanol–water partition coefficient (Wildman–Crippen LogP) is 5.55. The van der Waals surface area contributed by atoms with Gasteiger partial charge in [-0.3, -0.25) is 4.79 Å². The first-order chi connectivity index (χ1) is 10.3. The maximum Gasteiger partial charge on any atom is 0.142 e. The molecule has 0 aliphatic heterocycles.